The normalized spacial score (nSPS) is 12.5. The number of allylic oxidation sites excluding steroid dienone is 2. The fraction of sp³-hybridized carbons (Fsp3) is 0.289. The molecule has 0 heterocycles. The van der Waals surface area contributed by atoms with Gasteiger partial charge in [-0.15, -0.1) is 0 Å². The molecule has 2 atom stereocenters. The van der Waals surface area contributed by atoms with Crippen molar-refractivity contribution in [2.75, 3.05) is 13.2 Å². The molecule has 0 aliphatic heterocycles. The number of carbonyl (C=O) groups is 2. The highest BCUT2D eigenvalue weighted by atomic mass is 16.5. The molecule has 0 spiro atoms. The van der Waals surface area contributed by atoms with E-state index in [1.807, 2.05) is 48.5 Å². The maximum absolute atomic E-state index is 12.4. The molecule has 8 nitrogen and oxygen atoms in total. The predicted octanol–water partition coefficient (Wildman–Crippen LogP) is 10.3. The van der Waals surface area contributed by atoms with Gasteiger partial charge in [0, 0.05) is 12.8 Å². The van der Waals surface area contributed by atoms with Gasteiger partial charge in [-0.2, -0.15) is 10.5 Å². The second-order valence-electron chi connectivity index (χ2n) is 13.0. The van der Waals surface area contributed by atoms with Crippen LogP contribution in [0.1, 0.15) is 82.1 Å². The van der Waals surface area contributed by atoms with Crippen LogP contribution in [0.2, 0.25) is 0 Å². The van der Waals surface area contributed by atoms with Crippen molar-refractivity contribution in [3.8, 4) is 35.1 Å². The van der Waals surface area contributed by atoms with Crippen LogP contribution in [0.25, 0.3) is 23.3 Å². The number of hydrogen-bond acceptors (Lipinski definition) is 8. The molecular formula is C45H46N2O6. The summed E-state index contributed by atoms with van der Waals surface area (Å²) in [4.78, 5) is 24.9. The standard InChI is InChI=1S/C45H46N2O6/c1-5-32(3)30-50-40-22-14-36(15-23-40)38(28-46)26-34-10-18-42(19-11-34)52-44(48)8-7-9-45(49)53-43-20-12-35(13-21-43)27-39(29-47)37-16-24-41(25-17-37)51-31-33(4)6-2/h10-27,32-33H,5-9,30-31H2,1-4H3/b38-26-,39-27+. The Morgan fingerprint density at radius 2 is 0.906 bits per heavy atom. The average molecular weight is 711 g/mol. The van der Waals surface area contributed by atoms with Gasteiger partial charge in [-0.25, -0.2) is 0 Å². The van der Waals surface area contributed by atoms with E-state index in [1.54, 1.807) is 60.7 Å². The zero-order valence-electron chi connectivity index (χ0n) is 30.8. The van der Waals surface area contributed by atoms with Crippen LogP contribution in [0, 0.1) is 34.5 Å². The first kappa shape index (κ1) is 39.7. The Morgan fingerprint density at radius 3 is 1.23 bits per heavy atom. The second-order valence-corrected chi connectivity index (χ2v) is 13.0. The smallest absolute Gasteiger partial charge is 0.311 e. The largest absolute Gasteiger partial charge is 0.493 e. The van der Waals surface area contributed by atoms with Crippen molar-refractivity contribution < 1.29 is 28.5 Å². The van der Waals surface area contributed by atoms with Crippen molar-refractivity contribution in [2.24, 2.45) is 11.8 Å². The molecule has 0 saturated heterocycles. The van der Waals surface area contributed by atoms with Crippen LogP contribution in [-0.2, 0) is 9.59 Å². The van der Waals surface area contributed by atoms with Gasteiger partial charge in [0.2, 0.25) is 0 Å². The summed E-state index contributed by atoms with van der Waals surface area (Å²) >= 11 is 0. The van der Waals surface area contributed by atoms with Crippen molar-refractivity contribution in [1.29, 1.82) is 10.5 Å². The Bertz CT molecular complexity index is 1790. The third-order valence-corrected chi connectivity index (χ3v) is 8.64. The van der Waals surface area contributed by atoms with Gasteiger partial charge in [0.05, 0.1) is 36.5 Å². The van der Waals surface area contributed by atoms with E-state index in [-0.39, 0.29) is 19.3 Å². The molecule has 0 amide bonds. The predicted molar refractivity (Wildman–Crippen MR) is 208 cm³/mol. The molecule has 0 N–H and O–H groups in total. The Kier molecular flexibility index (Phi) is 15.5. The van der Waals surface area contributed by atoms with Crippen LogP contribution in [0.5, 0.6) is 23.0 Å². The Morgan fingerprint density at radius 1 is 0.566 bits per heavy atom. The molecule has 4 aromatic rings. The number of nitriles is 2. The van der Waals surface area contributed by atoms with E-state index < -0.39 is 11.9 Å². The molecule has 4 rings (SSSR count). The van der Waals surface area contributed by atoms with Crippen molar-refractivity contribution >= 4 is 35.2 Å². The van der Waals surface area contributed by atoms with E-state index in [2.05, 4.69) is 39.8 Å². The summed E-state index contributed by atoms with van der Waals surface area (Å²) in [5.74, 6) is 2.28. The number of esters is 2. The minimum atomic E-state index is -0.466. The lowest BCUT2D eigenvalue weighted by molar-refractivity contribution is -0.136. The lowest BCUT2D eigenvalue weighted by Crippen LogP contribution is -2.11. The van der Waals surface area contributed by atoms with Crippen LogP contribution in [0.3, 0.4) is 0 Å². The number of carbonyl (C=O) groups excluding carboxylic acids is 2. The topological polar surface area (TPSA) is 119 Å². The molecule has 0 aromatic heterocycles. The molecule has 4 aromatic carbocycles. The Hall–Kier alpha value is -6.12. The molecule has 0 aliphatic rings. The van der Waals surface area contributed by atoms with Crippen LogP contribution in [0.4, 0.5) is 0 Å². The SMILES string of the molecule is CCC(C)COc1ccc(/C(C#N)=C/c2ccc(OC(=O)CCCC(=O)Oc3ccc(/C=C(/C#N)c4ccc(OCC(C)CC)cc4)cc3)cc2)cc1. The Balaban J connectivity index is 1.20. The van der Waals surface area contributed by atoms with Crippen LogP contribution >= 0.6 is 0 Å². The van der Waals surface area contributed by atoms with Gasteiger partial charge in [0.25, 0.3) is 0 Å². The summed E-state index contributed by atoms with van der Waals surface area (Å²) < 4.78 is 22.5. The highest BCUT2D eigenvalue weighted by Crippen LogP contribution is 2.25. The van der Waals surface area contributed by atoms with Gasteiger partial charge in [-0.1, -0.05) is 64.8 Å². The second kappa shape index (κ2) is 20.7. The summed E-state index contributed by atoms with van der Waals surface area (Å²) in [7, 11) is 0. The van der Waals surface area contributed by atoms with E-state index >= 15 is 0 Å². The lowest BCUT2D eigenvalue weighted by atomic mass is 10.0. The van der Waals surface area contributed by atoms with Gasteiger partial charge in [0.1, 0.15) is 23.0 Å². The number of benzene rings is 4. The molecule has 0 fully saturated rings. The van der Waals surface area contributed by atoms with E-state index in [0.29, 0.717) is 47.7 Å². The fourth-order valence-electron chi connectivity index (χ4n) is 4.87. The molecule has 0 radical (unpaired) electrons. The minimum Gasteiger partial charge on any atom is -0.493 e. The zero-order valence-corrected chi connectivity index (χ0v) is 30.8. The minimum absolute atomic E-state index is 0.0397. The first-order chi connectivity index (χ1) is 25.7. The summed E-state index contributed by atoms with van der Waals surface area (Å²) in [5.41, 5.74) is 4.11. The Labute approximate surface area is 312 Å². The summed E-state index contributed by atoms with van der Waals surface area (Å²) in [6.07, 6.45) is 5.97. The van der Waals surface area contributed by atoms with Crippen LogP contribution in [0.15, 0.2) is 97.1 Å². The number of nitrogens with zero attached hydrogens (tertiary/aromatic N) is 2. The van der Waals surface area contributed by atoms with Gasteiger partial charge in [-0.3, -0.25) is 9.59 Å². The number of rotatable bonds is 18. The highest BCUT2D eigenvalue weighted by Gasteiger charge is 2.11. The van der Waals surface area contributed by atoms with Crippen LogP contribution < -0.4 is 18.9 Å². The molecule has 0 aliphatic carbocycles. The zero-order chi connectivity index (χ0) is 38.0. The van der Waals surface area contributed by atoms with E-state index in [4.69, 9.17) is 18.9 Å². The monoisotopic (exact) mass is 710 g/mol. The summed E-state index contributed by atoms with van der Waals surface area (Å²) in [6, 6.07) is 33.1. The molecule has 0 saturated carbocycles. The summed E-state index contributed by atoms with van der Waals surface area (Å²) in [5, 5.41) is 19.5. The van der Waals surface area contributed by atoms with Crippen molar-refractivity contribution in [2.45, 2.75) is 59.8 Å². The van der Waals surface area contributed by atoms with Gasteiger partial charge in [0.15, 0.2) is 0 Å². The van der Waals surface area contributed by atoms with Crippen LogP contribution in [-0.4, -0.2) is 25.2 Å². The first-order valence-corrected chi connectivity index (χ1v) is 18.0. The number of hydrogen-bond donors (Lipinski definition) is 0. The molecule has 2 unspecified atom stereocenters. The van der Waals surface area contributed by atoms with Gasteiger partial charge >= 0.3 is 11.9 Å². The third kappa shape index (κ3) is 13.2. The quantitative estimate of drug-likeness (QED) is 0.0433. The molecule has 0 bridgehead atoms. The van der Waals surface area contributed by atoms with Gasteiger partial charge < -0.3 is 18.9 Å². The molecular weight excluding hydrogens is 665 g/mol. The lowest BCUT2D eigenvalue weighted by Gasteiger charge is -2.11. The maximum atomic E-state index is 12.4. The van der Waals surface area contributed by atoms with Crippen molar-refractivity contribution in [1.82, 2.24) is 0 Å². The maximum Gasteiger partial charge on any atom is 0.311 e. The van der Waals surface area contributed by atoms with Crippen molar-refractivity contribution in [3.63, 3.8) is 0 Å². The third-order valence-electron chi connectivity index (χ3n) is 8.64. The van der Waals surface area contributed by atoms with Crippen molar-refractivity contribution in [3.05, 3.63) is 119 Å². The summed E-state index contributed by atoms with van der Waals surface area (Å²) in [6.45, 7) is 9.83. The van der Waals surface area contributed by atoms with Gasteiger partial charge in [-0.05, 0) is 125 Å². The highest BCUT2D eigenvalue weighted by molar-refractivity contribution is 5.90. The van der Waals surface area contributed by atoms with E-state index in [9.17, 15) is 20.1 Å². The van der Waals surface area contributed by atoms with E-state index in [1.165, 1.54) is 0 Å². The first-order valence-electron chi connectivity index (χ1n) is 18.0. The molecule has 53 heavy (non-hydrogen) atoms. The average Bonchev–Trinajstić information content (AvgIpc) is 3.18. The molecule has 8 heteroatoms. The fourth-order valence-corrected chi connectivity index (χ4v) is 4.87. The van der Waals surface area contributed by atoms with E-state index in [0.717, 1.165) is 46.6 Å². The number of ether oxygens (including phenoxy) is 4. The molecule has 272 valence electrons.